The molecule has 1 unspecified atom stereocenters. The first-order chi connectivity index (χ1) is 8.25. The Morgan fingerprint density at radius 2 is 2.17 bits per heavy atom. The molecule has 3 nitrogen and oxygen atoms in total. The van der Waals surface area contributed by atoms with Gasteiger partial charge < -0.3 is 10.5 Å². The van der Waals surface area contributed by atoms with Gasteiger partial charge in [-0.1, -0.05) is 12.1 Å². The van der Waals surface area contributed by atoms with Gasteiger partial charge in [-0.3, -0.25) is 4.90 Å². The first-order valence-corrected chi connectivity index (χ1v) is 6.11. The molecule has 0 bridgehead atoms. The zero-order valence-electron chi connectivity index (χ0n) is 10.3. The summed E-state index contributed by atoms with van der Waals surface area (Å²) >= 11 is 0. The van der Waals surface area contributed by atoms with Gasteiger partial charge in [-0.05, 0) is 31.5 Å². The van der Waals surface area contributed by atoms with E-state index in [4.69, 9.17) is 10.5 Å². The van der Waals surface area contributed by atoms with Crippen molar-refractivity contribution in [3.05, 3.63) is 30.1 Å². The van der Waals surface area contributed by atoms with Crippen LogP contribution in [0.5, 0.6) is 5.75 Å². The molecule has 0 aliphatic carbocycles. The Morgan fingerprint density at radius 3 is 2.89 bits per heavy atom. The molecule has 0 radical (unpaired) electrons. The van der Waals surface area contributed by atoms with Gasteiger partial charge in [-0.15, -0.1) is 12.4 Å². The van der Waals surface area contributed by atoms with Crippen molar-refractivity contribution >= 4 is 12.4 Å². The minimum Gasteiger partial charge on any atom is -0.489 e. The van der Waals surface area contributed by atoms with E-state index in [9.17, 15) is 4.39 Å². The van der Waals surface area contributed by atoms with Crippen LogP contribution in [-0.4, -0.2) is 37.2 Å². The molecule has 1 atom stereocenters. The molecular weight excluding hydrogens is 255 g/mol. The maximum Gasteiger partial charge on any atom is 0.165 e. The normalized spacial score (nSPS) is 20.2. The van der Waals surface area contributed by atoms with Crippen LogP contribution >= 0.6 is 12.4 Å². The van der Waals surface area contributed by atoms with Crippen LogP contribution < -0.4 is 10.5 Å². The van der Waals surface area contributed by atoms with Gasteiger partial charge >= 0.3 is 0 Å². The van der Waals surface area contributed by atoms with Crippen LogP contribution in [-0.2, 0) is 0 Å². The first kappa shape index (κ1) is 15.2. The van der Waals surface area contributed by atoms with E-state index >= 15 is 0 Å². The van der Waals surface area contributed by atoms with Crippen LogP contribution in [0.2, 0.25) is 0 Å². The average Bonchev–Trinajstić information content (AvgIpc) is 2.32. The molecular formula is C13H20ClFN2O. The third-order valence-corrected chi connectivity index (χ3v) is 3.04. The van der Waals surface area contributed by atoms with Crippen molar-refractivity contribution in [3.8, 4) is 5.75 Å². The summed E-state index contributed by atoms with van der Waals surface area (Å²) in [5.41, 5.74) is 5.89. The van der Waals surface area contributed by atoms with Gasteiger partial charge in [0.2, 0.25) is 0 Å². The molecule has 0 saturated carbocycles. The van der Waals surface area contributed by atoms with Gasteiger partial charge in [0.15, 0.2) is 11.6 Å². The van der Waals surface area contributed by atoms with Crippen molar-refractivity contribution in [2.24, 2.45) is 5.73 Å². The Bertz CT molecular complexity index is 365. The number of hydrogen-bond donors (Lipinski definition) is 1. The molecule has 1 aliphatic rings. The zero-order valence-corrected chi connectivity index (χ0v) is 11.2. The number of ether oxygens (including phenoxy) is 1. The predicted molar refractivity (Wildman–Crippen MR) is 72.8 cm³/mol. The van der Waals surface area contributed by atoms with Crippen molar-refractivity contribution in [1.82, 2.24) is 4.90 Å². The smallest absolute Gasteiger partial charge is 0.165 e. The first-order valence-electron chi connectivity index (χ1n) is 6.11. The predicted octanol–water partition coefficient (Wildman–Crippen LogP) is 2.05. The van der Waals surface area contributed by atoms with Crippen molar-refractivity contribution in [3.63, 3.8) is 0 Å². The van der Waals surface area contributed by atoms with Crippen LogP contribution in [0, 0.1) is 5.82 Å². The van der Waals surface area contributed by atoms with Crippen LogP contribution in [0.4, 0.5) is 4.39 Å². The Balaban J connectivity index is 0.00000162. The maximum atomic E-state index is 13.3. The summed E-state index contributed by atoms with van der Waals surface area (Å²) in [6.45, 7) is 3.30. The molecule has 1 heterocycles. The number of hydrogen-bond acceptors (Lipinski definition) is 3. The number of benzene rings is 1. The van der Waals surface area contributed by atoms with E-state index in [1.807, 2.05) is 0 Å². The largest absolute Gasteiger partial charge is 0.489 e. The number of likely N-dealkylation sites (tertiary alicyclic amines) is 1. The fraction of sp³-hybridized carbons (Fsp3) is 0.538. The minimum absolute atomic E-state index is 0. The highest BCUT2D eigenvalue weighted by atomic mass is 35.5. The van der Waals surface area contributed by atoms with Crippen LogP contribution in [0.1, 0.15) is 12.8 Å². The van der Waals surface area contributed by atoms with Crippen LogP contribution in [0.15, 0.2) is 24.3 Å². The van der Waals surface area contributed by atoms with E-state index in [1.54, 1.807) is 18.2 Å². The molecule has 1 aromatic carbocycles. The fourth-order valence-corrected chi connectivity index (χ4v) is 2.14. The van der Waals surface area contributed by atoms with Gasteiger partial charge in [-0.2, -0.15) is 0 Å². The third kappa shape index (κ3) is 4.44. The van der Waals surface area contributed by atoms with Gasteiger partial charge in [-0.25, -0.2) is 4.39 Å². The highest BCUT2D eigenvalue weighted by Gasteiger charge is 2.16. The summed E-state index contributed by atoms with van der Waals surface area (Å²) < 4.78 is 18.7. The molecule has 1 aliphatic heterocycles. The highest BCUT2D eigenvalue weighted by molar-refractivity contribution is 5.85. The van der Waals surface area contributed by atoms with Crippen molar-refractivity contribution < 1.29 is 9.13 Å². The van der Waals surface area contributed by atoms with E-state index in [0.29, 0.717) is 12.4 Å². The molecule has 18 heavy (non-hydrogen) atoms. The van der Waals surface area contributed by atoms with Gasteiger partial charge in [0, 0.05) is 19.1 Å². The van der Waals surface area contributed by atoms with E-state index in [1.165, 1.54) is 6.07 Å². The van der Waals surface area contributed by atoms with E-state index in [0.717, 1.165) is 32.5 Å². The molecule has 2 rings (SSSR count). The number of halogens is 2. The lowest BCUT2D eigenvalue weighted by Gasteiger charge is -2.30. The Hall–Kier alpha value is -0.840. The SMILES string of the molecule is Cl.NC1CCCN(CCOc2ccccc2F)C1. The molecule has 1 saturated heterocycles. The third-order valence-electron chi connectivity index (χ3n) is 3.04. The standard InChI is InChI=1S/C13H19FN2O.ClH/c14-12-5-1-2-6-13(12)17-9-8-16-7-3-4-11(15)10-16;/h1-2,5-6,11H,3-4,7-10,15H2;1H. The van der Waals surface area contributed by atoms with Gasteiger partial charge in [0.1, 0.15) is 6.61 Å². The van der Waals surface area contributed by atoms with Crippen molar-refractivity contribution in [2.75, 3.05) is 26.2 Å². The summed E-state index contributed by atoms with van der Waals surface area (Å²) in [6, 6.07) is 6.77. The summed E-state index contributed by atoms with van der Waals surface area (Å²) in [5, 5.41) is 0. The quantitative estimate of drug-likeness (QED) is 0.913. The summed E-state index contributed by atoms with van der Waals surface area (Å²) in [6.07, 6.45) is 2.24. The molecule has 102 valence electrons. The number of nitrogens with two attached hydrogens (primary N) is 1. The minimum atomic E-state index is -0.303. The Morgan fingerprint density at radius 1 is 1.39 bits per heavy atom. The molecule has 0 aromatic heterocycles. The maximum absolute atomic E-state index is 13.3. The second-order valence-electron chi connectivity index (χ2n) is 4.48. The number of rotatable bonds is 4. The summed E-state index contributed by atoms with van der Waals surface area (Å²) in [4.78, 5) is 2.27. The topological polar surface area (TPSA) is 38.5 Å². The lowest BCUT2D eigenvalue weighted by molar-refractivity contribution is 0.169. The summed E-state index contributed by atoms with van der Waals surface area (Å²) in [7, 11) is 0. The van der Waals surface area contributed by atoms with Crippen LogP contribution in [0.25, 0.3) is 0 Å². The molecule has 5 heteroatoms. The second-order valence-corrected chi connectivity index (χ2v) is 4.48. The molecule has 1 fully saturated rings. The van der Waals surface area contributed by atoms with Gasteiger partial charge in [0.05, 0.1) is 0 Å². The van der Waals surface area contributed by atoms with Crippen molar-refractivity contribution in [1.29, 1.82) is 0 Å². The van der Waals surface area contributed by atoms with Gasteiger partial charge in [0.25, 0.3) is 0 Å². The van der Waals surface area contributed by atoms with E-state index < -0.39 is 0 Å². The van der Waals surface area contributed by atoms with E-state index in [-0.39, 0.29) is 24.3 Å². The lowest BCUT2D eigenvalue weighted by atomic mass is 10.1. The monoisotopic (exact) mass is 274 g/mol. The highest BCUT2D eigenvalue weighted by Crippen LogP contribution is 2.15. The molecule has 0 spiro atoms. The molecule has 2 N–H and O–H groups in total. The lowest BCUT2D eigenvalue weighted by Crippen LogP contribution is -2.44. The van der Waals surface area contributed by atoms with Crippen molar-refractivity contribution in [2.45, 2.75) is 18.9 Å². The molecule has 0 amide bonds. The Kier molecular flexibility index (Phi) is 6.39. The Labute approximate surface area is 114 Å². The van der Waals surface area contributed by atoms with E-state index in [2.05, 4.69) is 4.90 Å². The fourth-order valence-electron chi connectivity index (χ4n) is 2.14. The summed E-state index contributed by atoms with van der Waals surface area (Å²) in [5.74, 6) is 0.0247. The number of para-hydroxylation sites is 1. The zero-order chi connectivity index (χ0) is 12.1. The second kappa shape index (κ2) is 7.56. The number of piperidine rings is 1. The van der Waals surface area contributed by atoms with Crippen LogP contribution in [0.3, 0.4) is 0 Å². The average molecular weight is 275 g/mol. The number of nitrogens with zero attached hydrogens (tertiary/aromatic N) is 1. The molecule has 1 aromatic rings.